The number of hydrogen-bond acceptors (Lipinski definition) is 4. The van der Waals surface area contributed by atoms with Crippen LogP contribution in [0.1, 0.15) is 12.6 Å². The van der Waals surface area contributed by atoms with Gasteiger partial charge in [-0.15, -0.1) is 11.3 Å². The van der Waals surface area contributed by atoms with Gasteiger partial charge in [-0.1, -0.05) is 12.1 Å². The van der Waals surface area contributed by atoms with Gasteiger partial charge < -0.3 is 10.1 Å². The first kappa shape index (κ1) is 18.0. The van der Waals surface area contributed by atoms with E-state index in [4.69, 9.17) is 4.74 Å². The average Bonchev–Trinajstić information content (AvgIpc) is 3.06. The van der Waals surface area contributed by atoms with Crippen LogP contribution in [0.2, 0.25) is 0 Å². The first-order valence-electron chi connectivity index (χ1n) is 7.98. The summed E-state index contributed by atoms with van der Waals surface area (Å²) in [5.41, 5.74) is 1.36. The number of rotatable bonds is 6. The molecule has 0 saturated carbocycles. The van der Waals surface area contributed by atoms with Crippen molar-refractivity contribution in [1.82, 2.24) is 4.98 Å². The molecule has 4 nitrogen and oxygen atoms in total. The van der Waals surface area contributed by atoms with Gasteiger partial charge in [0.25, 0.3) is 0 Å². The van der Waals surface area contributed by atoms with E-state index in [1.165, 1.54) is 17.4 Å². The van der Waals surface area contributed by atoms with Gasteiger partial charge in [-0.05, 0) is 31.2 Å². The Bertz CT molecular complexity index is 927. The van der Waals surface area contributed by atoms with Crippen LogP contribution in [0.25, 0.3) is 10.6 Å². The molecule has 0 atom stereocenters. The van der Waals surface area contributed by atoms with Crippen LogP contribution in [0.15, 0.2) is 47.8 Å². The summed E-state index contributed by atoms with van der Waals surface area (Å²) < 4.78 is 32.1. The van der Waals surface area contributed by atoms with E-state index < -0.39 is 17.5 Å². The molecule has 26 heavy (non-hydrogen) atoms. The van der Waals surface area contributed by atoms with Crippen molar-refractivity contribution in [3.63, 3.8) is 0 Å². The Balaban J connectivity index is 1.71. The second-order valence-electron chi connectivity index (χ2n) is 5.42. The highest BCUT2D eigenvalue weighted by molar-refractivity contribution is 7.13. The van der Waals surface area contributed by atoms with Gasteiger partial charge in [-0.2, -0.15) is 0 Å². The molecule has 0 aliphatic rings. The van der Waals surface area contributed by atoms with Crippen molar-refractivity contribution in [1.29, 1.82) is 0 Å². The van der Waals surface area contributed by atoms with Crippen LogP contribution in [-0.4, -0.2) is 17.5 Å². The number of aromatic nitrogens is 1. The highest BCUT2D eigenvalue weighted by Gasteiger charge is 2.13. The molecule has 1 heterocycles. The Kier molecular flexibility index (Phi) is 5.58. The highest BCUT2D eigenvalue weighted by atomic mass is 32.1. The molecule has 0 fully saturated rings. The quantitative estimate of drug-likeness (QED) is 0.682. The Morgan fingerprint density at radius 2 is 2.04 bits per heavy atom. The fourth-order valence-electron chi connectivity index (χ4n) is 2.39. The van der Waals surface area contributed by atoms with Gasteiger partial charge in [0.2, 0.25) is 5.91 Å². The minimum absolute atomic E-state index is 0.00980. The zero-order valence-corrected chi connectivity index (χ0v) is 14.8. The number of hydrogen-bond donors (Lipinski definition) is 1. The van der Waals surface area contributed by atoms with Crippen LogP contribution in [0.5, 0.6) is 5.75 Å². The molecular weight excluding hydrogens is 358 g/mol. The third-order valence-electron chi connectivity index (χ3n) is 3.52. The zero-order chi connectivity index (χ0) is 18.5. The van der Waals surface area contributed by atoms with Crippen molar-refractivity contribution in [2.75, 3.05) is 11.9 Å². The maximum absolute atomic E-state index is 13.6. The smallest absolute Gasteiger partial charge is 0.230 e. The lowest BCUT2D eigenvalue weighted by Gasteiger charge is -2.07. The van der Waals surface area contributed by atoms with Crippen molar-refractivity contribution < 1.29 is 18.3 Å². The molecule has 1 aromatic heterocycles. The van der Waals surface area contributed by atoms with Gasteiger partial charge in [0.15, 0.2) is 0 Å². The van der Waals surface area contributed by atoms with Gasteiger partial charge in [-0.3, -0.25) is 4.79 Å². The number of amides is 1. The summed E-state index contributed by atoms with van der Waals surface area (Å²) in [6.07, 6.45) is -0.00980. The number of para-hydroxylation sites is 1. The van der Waals surface area contributed by atoms with E-state index in [1.807, 2.05) is 31.2 Å². The van der Waals surface area contributed by atoms with E-state index in [2.05, 4.69) is 10.3 Å². The van der Waals surface area contributed by atoms with Crippen molar-refractivity contribution >= 4 is 22.9 Å². The molecule has 0 bridgehead atoms. The van der Waals surface area contributed by atoms with Crippen LogP contribution < -0.4 is 10.1 Å². The summed E-state index contributed by atoms with van der Waals surface area (Å²) >= 11 is 1.40. The molecule has 7 heteroatoms. The first-order chi connectivity index (χ1) is 12.6. The van der Waals surface area contributed by atoms with Crippen LogP contribution in [0, 0.1) is 11.6 Å². The summed E-state index contributed by atoms with van der Waals surface area (Å²) in [6, 6.07) is 10.5. The van der Waals surface area contributed by atoms with E-state index in [-0.39, 0.29) is 12.1 Å². The second kappa shape index (κ2) is 8.05. The van der Waals surface area contributed by atoms with Crippen molar-refractivity contribution in [2.45, 2.75) is 13.3 Å². The average molecular weight is 374 g/mol. The Hall–Kier alpha value is -2.80. The van der Waals surface area contributed by atoms with E-state index in [9.17, 15) is 13.6 Å². The number of nitrogens with one attached hydrogen (secondary N) is 1. The SMILES string of the molecule is CCOc1ccccc1-c1nc(CC(=O)Nc2ccc(F)cc2F)cs1. The van der Waals surface area contributed by atoms with Gasteiger partial charge >= 0.3 is 0 Å². The lowest BCUT2D eigenvalue weighted by Crippen LogP contribution is -2.15. The molecule has 0 spiro atoms. The molecular formula is C19H16F2N2O2S. The summed E-state index contributed by atoms with van der Waals surface area (Å²) in [5, 5.41) is 4.94. The highest BCUT2D eigenvalue weighted by Crippen LogP contribution is 2.32. The third kappa shape index (κ3) is 4.23. The van der Waals surface area contributed by atoms with Crippen LogP contribution in [0.4, 0.5) is 14.5 Å². The minimum atomic E-state index is -0.817. The zero-order valence-electron chi connectivity index (χ0n) is 14.0. The molecule has 0 aliphatic heterocycles. The number of carbonyl (C=O) groups is 1. The maximum Gasteiger partial charge on any atom is 0.230 e. The standard InChI is InChI=1S/C19H16F2N2O2S/c1-2-25-17-6-4-3-5-14(17)19-22-13(11-26-19)10-18(24)23-16-8-7-12(20)9-15(16)21/h3-9,11H,2,10H2,1H3,(H,23,24). The molecule has 1 N–H and O–H groups in total. The van der Waals surface area contributed by atoms with Crippen LogP contribution in [-0.2, 0) is 11.2 Å². The summed E-state index contributed by atoms with van der Waals surface area (Å²) in [5.74, 6) is -1.21. The van der Waals surface area contributed by atoms with E-state index >= 15 is 0 Å². The number of carbonyl (C=O) groups excluding carboxylic acids is 1. The molecule has 0 aliphatic carbocycles. The van der Waals surface area contributed by atoms with Gasteiger partial charge in [-0.25, -0.2) is 13.8 Å². The van der Waals surface area contributed by atoms with Gasteiger partial charge in [0.1, 0.15) is 22.4 Å². The third-order valence-corrected chi connectivity index (χ3v) is 4.44. The van der Waals surface area contributed by atoms with E-state index in [0.717, 1.165) is 28.5 Å². The summed E-state index contributed by atoms with van der Waals surface area (Å²) in [7, 11) is 0. The van der Waals surface area contributed by atoms with Crippen molar-refractivity contribution in [2.24, 2.45) is 0 Å². The summed E-state index contributed by atoms with van der Waals surface area (Å²) in [6.45, 7) is 2.45. The Morgan fingerprint density at radius 3 is 2.81 bits per heavy atom. The molecule has 0 radical (unpaired) electrons. The van der Waals surface area contributed by atoms with E-state index in [0.29, 0.717) is 12.3 Å². The fraction of sp³-hybridized carbons (Fsp3) is 0.158. The van der Waals surface area contributed by atoms with Gasteiger partial charge in [0.05, 0.1) is 30.0 Å². The predicted octanol–water partition coefficient (Wildman–Crippen LogP) is 4.67. The lowest BCUT2D eigenvalue weighted by atomic mass is 10.2. The summed E-state index contributed by atoms with van der Waals surface area (Å²) in [4.78, 5) is 16.6. The van der Waals surface area contributed by atoms with Gasteiger partial charge in [0, 0.05) is 11.4 Å². The molecule has 3 aromatic rings. The maximum atomic E-state index is 13.6. The number of halogens is 2. The molecule has 3 rings (SSSR count). The number of benzene rings is 2. The number of ether oxygens (including phenoxy) is 1. The number of thiazole rings is 1. The molecule has 1 amide bonds. The first-order valence-corrected chi connectivity index (χ1v) is 8.86. The largest absolute Gasteiger partial charge is 0.493 e. The monoisotopic (exact) mass is 374 g/mol. The van der Waals surface area contributed by atoms with E-state index in [1.54, 1.807) is 5.38 Å². The second-order valence-corrected chi connectivity index (χ2v) is 6.28. The number of nitrogens with zero attached hydrogens (tertiary/aromatic N) is 1. The van der Waals surface area contributed by atoms with Crippen molar-refractivity contribution in [3.8, 4) is 16.3 Å². The normalized spacial score (nSPS) is 10.6. The molecule has 134 valence electrons. The Morgan fingerprint density at radius 1 is 1.23 bits per heavy atom. The Labute approximate surface area is 153 Å². The topological polar surface area (TPSA) is 51.2 Å². The molecule has 2 aromatic carbocycles. The fourth-order valence-corrected chi connectivity index (χ4v) is 3.24. The lowest BCUT2D eigenvalue weighted by molar-refractivity contribution is -0.115. The molecule has 0 saturated heterocycles. The number of anilines is 1. The van der Waals surface area contributed by atoms with Crippen molar-refractivity contribution in [3.05, 3.63) is 65.2 Å². The van der Waals surface area contributed by atoms with Crippen LogP contribution >= 0.6 is 11.3 Å². The minimum Gasteiger partial charge on any atom is -0.493 e. The van der Waals surface area contributed by atoms with Crippen LogP contribution in [0.3, 0.4) is 0 Å². The predicted molar refractivity (Wildman–Crippen MR) is 97.4 cm³/mol. The molecule has 0 unspecified atom stereocenters.